The molecule has 48 heavy (non-hydrogen) atoms. The first-order valence-corrected chi connectivity index (χ1v) is 17.3. The number of hydrogen-bond acceptors (Lipinski definition) is 8. The monoisotopic (exact) mass is 689 g/mol. The molecule has 1 saturated heterocycles. The Bertz CT molecular complexity index is 1390. The molecule has 1 aliphatic rings. The van der Waals surface area contributed by atoms with Crippen LogP contribution in [0.1, 0.15) is 97.4 Å². The van der Waals surface area contributed by atoms with Gasteiger partial charge in [0.2, 0.25) is 5.95 Å². The van der Waals surface area contributed by atoms with Crippen LogP contribution in [-0.2, 0) is 9.53 Å². The summed E-state index contributed by atoms with van der Waals surface area (Å²) < 4.78 is 39.4. The van der Waals surface area contributed by atoms with E-state index in [0.717, 1.165) is 95.8 Å². The Hall–Kier alpha value is -3.57. The zero-order valence-corrected chi connectivity index (χ0v) is 30.6. The summed E-state index contributed by atoms with van der Waals surface area (Å²) in [7, 11) is 1.90. The maximum atomic E-state index is 10.8. The number of aromatic nitrogens is 2. The Morgan fingerprint density at radius 3 is 2.29 bits per heavy atom. The highest BCUT2D eigenvalue weighted by Crippen LogP contribution is 2.41. The van der Waals surface area contributed by atoms with Gasteiger partial charge in [-0.25, -0.2) is 9.97 Å². The number of halogens is 3. The number of piperidine rings is 1. The molecule has 7 nitrogen and oxygen atoms in total. The minimum absolute atomic E-state index is 0.153. The van der Waals surface area contributed by atoms with Crippen LogP contribution in [0.2, 0.25) is 0 Å². The van der Waals surface area contributed by atoms with Crippen molar-refractivity contribution in [3.63, 3.8) is 0 Å². The lowest BCUT2D eigenvalue weighted by atomic mass is 9.99. The first kappa shape index (κ1) is 42.5. The second-order valence-corrected chi connectivity index (χ2v) is 12.6. The van der Waals surface area contributed by atoms with Crippen LogP contribution in [0.5, 0.6) is 0 Å². The Kier molecular flexibility index (Phi) is 19.6. The maximum absolute atomic E-state index is 10.8. The van der Waals surface area contributed by atoms with Crippen molar-refractivity contribution in [1.29, 1.82) is 0 Å². The Morgan fingerprint density at radius 2 is 1.79 bits per heavy atom. The fraction of sp³-hybridized carbons (Fsp3) is 0.486. The van der Waals surface area contributed by atoms with Crippen LogP contribution in [0.4, 0.5) is 19.1 Å². The largest absolute Gasteiger partial charge is 0.460 e. The highest BCUT2D eigenvalue weighted by Gasteiger charge is 2.24. The molecular formula is C37H54F3N5O2S. The smallest absolute Gasteiger partial charge is 0.388 e. The van der Waals surface area contributed by atoms with Gasteiger partial charge in [0.1, 0.15) is 17.8 Å². The molecule has 0 aliphatic carbocycles. The molecule has 1 aromatic heterocycles. The number of anilines is 1. The van der Waals surface area contributed by atoms with Crippen molar-refractivity contribution in [2.45, 2.75) is 92.8 Å². The molecule has 1 aromatic carbocycles. The SMILES string of the molecule is C=C(C)S/C(=C(/O/C(=C(\C)CC)c1ccccc1C(=C)NC)C(C)CC)c1ccnc(NC2CCCNC2)n1.CC=O.CCC(F)(F)F. The number of alkyl halides is 3. The van der Waals surface area contributed by atoms with Crippen molar-refractivity contribution in [3.8, 4) is 0 Å². The first-order chi connectivity index (χ1) is 22.8. The number of allylic oxidation sites excluding steroid dienone is 3. The van der Waals surface area contributed by atoms with Gasteiger partial charge in [0.25, 0.3) is 0 Å². The van der Waals surface area contributed by atoms with E-state index < -0.39 is 12.6 Å². The minimum Gasteiger partial charge on any atom is -0.460 e. The molecule has 0 bridgehead atoms. The topological polar surface area (TPSA) is 88.2 Å². The number of hydrogen-bond donors (Lipinski definition) is 3. The number of ether oxygens (including phenoxy) is 1. The van der Waals surface area contributed by atoms with Crippen LogP contribution in [0.15, 0.2) is 65.9 Å². The predicted molar refractivity (Wildman–Crippen MR) is 197 cm³/mol. The number of nitrogens with one attached hydrogen (secondary N) is 3. The molecule has 2 atom stereocenters. The second-order valence-electron chi connectivity index (χ2n) is 11.3. The van der Waals surface area contributed by atoms with E-state index in [-0.39, 0.29) is 5.92 Å². The lowest BCUT2D eigenvalue weighted by Gasteiger charge is -2.25. The van der Waals surface area contributed by atoms with Gasteiger partial charge in [-0.3, -0.25) is 0 Å². The molecule has 3 rings (SSSR count). The van der Waals surface area contributed by atoms with E-state index in [9.17, 15) is 13.2 Å². The molecule has 11 heteroatoms. The molecule has 0 spiro atoms. The van der Waals surface area contributed by atoms with Crippen molar-refractivity contribution in [3.05, 3.63) is 82.7 Å². The quantitative estimate of drug-likeness (QED) is 0.142. The van der Waals surface area contributed by atoms with Crippen LogP contribution < -0.4 is 16.0 Å². The Morgan fingerprint density at radius 1 is 1.17 bits per heavy atom. The van der Waals surface area contributed by atoms with Gasteiger partial charge in [0, 0.05) is 55.0 Å². The Balaban J connectivity index is 0.00000113. The third-order valence-corrected chi connectivity index (χ3v) is 8.37. The number of thioether (sulfide) groups is 1. The number of carbonyl (C=O) groups is 1. The zero-order chi connectivity index (χ0) is 36.3. The van der Waals surface area contributed by atoms with E-state index in [0.29, 0.717) is 12.0 Å². The third-order valence-electron chi connectivity index (χ3n) is 7.41. The van der Waals surface area contributed by atoms with Gasteiger partial charge < -0.3 is 25.5 Å². The lowest BCUT2D eigenvalue weighted by molar-refractivity contribution is -0.130. The first-order valence-electron chi connectivity index (χ1n) is 16.4. The average Bonchev–Trinajstić information content (AvgIpc) is 3.08. The molecule has 2 heterocycles. The van der Waals surface area contributed by atoms with Gasteiger partial charge in [-0.05, 0) is 69.5 Å². The van der Waals surface area contributed by atoms with E-state index in [4.69, 9.17) is 14.5 Å². The van der Waals surface area contributed by atoms with Crippen molar-refractivity contribution in [2.75, 3.05) is 25.5 Å². The van der Waals surface area contributed by atoms with Crippen LogP contribution >= 0.6 is 11.8 Å². The molecular weight excluding hydrogens is 636 g/mol. The van der Waals surface area contributed by atoms with Gasteiger partial charge in [0.15, 0.2) is 0 Å². The number of carbonyl (C=O) groups excluding carboxylic acids is 1. The molecule has 2 aromatic rings. The molecule has 2 unspecified atom stereocenters. The molecule has 3 N–H and O–H groups in total. The number of nitrogens with zero attached hydrogens (tertiary/aromatic N) is 2. The van der Waals surface area contributed by atoms with Crippen molar-refractivity contribution in [1.82, 2.24) is 20.6 Å². The van der Waals surface area contributed by atoms with Gasteiger partial charge in [-0.2, -0.15) is 13.2 Å². The fourth-order valence-electron chi connectivity index (χ4n) is 4.39. The summed E-state index contributed by atoms with van der Waals surface area (Å²) in [5.41, 5.74) is 4.90. The van der Waals surface area contributed by atoms with E-state index >= 15 is 0 Å². The third kappa shape index (κ3) is 14.7. The zero-order valence-electron chi connectivity index (χ0n) is 29.8. The van der Waals surface area contributed by atoms with Gasteiger partial charge in [-0.15, -0.1) is 0 Å². The average molecular weight is 690 g/mol. The number of rotatable bonds is 13. The fourth-order valence-corrected chi connectivity index (χ4v) is 5.30. The van der Waals surface area contributed by atoms with E-state index in [1.54, 1.807) is 11.8 Å². The summed E-state index contributed by atoms with van der Waals surface area (Å²) in [4.78, 5) is 20.3. The van der Waals surface area contributed by atoms with Gasteiger partial charge in [0.05, 0.1) is 10.6 Å². The van der Waals surface area contributed by atoms with Crippen LogP contribution in [0.25, 0.3) is 16.4 Å². The van der Waals surface area contributed by atoms with Crippen molar-refractivity contribution in [2.24, 2.45) is 5.92 Å². The van der Waals surface area contributed by atoms with Crippen LogP contribution in [0.3, 0.4) is 0 Å². The number of aldehydes is 1. The molecule has 0 saturated carbocycles. The second kappa shape index (κ2) is 22.1. The molecule has 1 aliphatic heterocycles. The van der Waals surface area contributed by atoms with Crippen molar-refractivity contribution >= 4 is 40.4 Å². The predicted octanol–water partition coefficient (Wildman–Crippen LogP) is 9.83. The summed E-state index contributed by atoms with van der Waals surface area (Å²) in [5.74, 6) is 2.54. The maximum Gasteiger partial charge on any atom is 0.388 e. The van der Waals surface area contributed by atoms with Gasteiger partial charge in [-0.1, -0.05) is 76.9 Å². The highest BCUT2D eigenvalue weighted by atomic mass is 32.2. The van der Waals surface area contributed by atoms with Crippen molar-refractivity contribution < 1.29 is 22.7 Å². The van der Waals surface area contributed by atoms with Gasteiger partial charge >= 0.3 is 6.18 Å². The van der Waals surface area contributed by atoms with E-state index in [1.165, 1.54) is 12.5 Å². The molecule has 0 radical (unpaired) electrons. The normalized spacial score (nSPS) is 15.9. The summed E-state index contributed by atoms with van der Waals surface area (Å²) in [6.07, 6.45) is 1.92. The van der Waals surface area contributed by atoms with Crippen LogP contribution in [0, 0.1) is 5.92 Å². The molecule has 1 fully saturated rings. The highest BCUT2D eigenvalue weighted by molar-refractivity contribution is 8.11. The standard InChI is InChI=1S/C32H45N5OS.C3H5F3.C2H4O/c1-9-22(5)29(27-16-12-11-15-26(27)24(7)33-8)38-30(23(6)10-2)31(39-21(3)4)28-17-19-35-32(37-28)36-25-14-13-18-34-20-25;1-2-3(4,5)6;1-2-3/h11-12,15-17,19,23,25,33-34H,3,7,9-10,13-14,18,20H2,1-2,4-6,8H3,(H,35,36,37);2H2,1H3;2H,1H3/b29-22+,31-30+;;. The van der Waals surface area contributed by atoms with Crippen LogP contribution in [-0.4, -0.2) is 48.6 Å². The summed E-state index contributed by atoms with van der Waals surface area (Å²) in [6, 6.07) is 10.6. The molecule has 0 amide bonds. The van der Waals surface area contributed by atoms with E-state index in [1.807, 2.05) is 38.4 Å². The van der Waals surface area contributed by atoms with E-state index in [2.05, 4.69) is 73.9 Å². The lowest BCUT2D eigenvalue weighted by Crippen LogP contribution is -2.38. The minimum atomic E-state index is -3.96. The summed E-state index contributed by atoms with van der Waals surface area (Å²) in [6.45, 7) is 23.7. The summed E-state index contributed by atoms with van der Waals surface area (Å²) in [5, 5.41) is 10.2. The number of benzene rings is 1. The summed E-state index contributed by atoms with van der Waals surface area (Å²) >= 11 is 1.61. The molecule has 266 valence electrons. The Labute approximate surface area is 290 Å².